The van der Waals surface area contributed by atoms with E-state index in [1.54, 1.807) is 0 Å². The van der Waals surface area contributed by atoms with E-state index in [9.17, 15) is 0 Å². The fraction of sp³-hybridized carbons (Fsp3) is 0.357. The van der Waals surface area contributed by atoms with Crippen LogP contribution in [-0.2, 0) is 19.3 Å². The topological polar surface area (TPSA) is 0 Å². The molecule has 0 fully saturated rings. The van der Waals surface area contributed by atoms with Gasteiger partial charge in [-0.1, -0.05) is 88.6 Å². The molecule has 0 radical (unpaired) electrons. The third-order valence-electron chi connectivity index (χ3n) is 6.11. The van der Waals surface area contributed by atoms with Gasteiger partial charge in [0.2, 0.25) is 0 Å². The molecule has 0 aliphatic carbocycles. The van der Waals surface area contributed by atoms with Crippen LogP contribution in [0.5, 0.6) is 0 Å². The SMILES string of the molecule is CCCc1ccc2c(c1)c1cc(CCC)ccc1c1cc(CCC)c(C)cc21. The monoisotopic (exact) mass is 368 g/mol. The van der Waals surface area contributed by atoms with Crippen LogP contribution in [0.3, 0.4) is 0 Å². The summed E-state index contributed by atoms with van der Waals surface area (Å²) in [5.41, 5.74) is 5.83. The van der Waals surface area contributed by atoms with Gasteiger partial charge in [0.05, 0.1) is 0 Å². The number of hydrogen-bond acceptors (Lipinski definition) is 0. The van der Waals surface area contributed by atoms with Crippen molar-refractivity contribution in [2.24, 2.45) is 0 Å². The predicted molar refractivity (Wildman–Crippen MR) is 126 cm³/mol. The van der Waals surface area contributed by atoms with E-state index in [0.29, 0.717) is 0 Å². The number of hydrogen-bond donors (Lipinski definition) is 0. The molecule has 0 saturated carbocycles. The predicted octanol–water partition coefficient (Wildman–Crippen LogP) is 8.31. The van der Waals surface area contributed by atoms with Crippen molar-refractivity contribution in [3.8, 4) is 0 Å². The fourth-order valence-corrected chi connectivity index (χ4v) is 4.72. The molecule has 0 amide bonds. The standard InChI is InChI=1S/C28H32/c1-5-8-20-11-13-23-25-15-19(4)22(10-7-3)18-28(25)24-14-12-21(9-6-2)17-27(24)26(23)16-20/h11-18H,5-10H2,1-4H3. The lowest BCUT2D eigenvalue weighted by atomic mass is 9.88. The Morgan fingerprint density at radius 2 is 0.964 bits per heavy atom. The lowest BCUT2D eigenvalue weighted by molar-refractivity contribution is 0.915. The molecule has 0 bridgehead atoms. The number of aryl methyl sites for hydroxylation is 4. The maximum absolute atomic E-state index is 2.47. The minimum absolute atomic E-state index is 1.15. The largest absolute Gasteiger partial charge is 0.0651 e. The summed E-state index contributed by atoms with van der Waals surface area (Å²) < 4.78 is 0. The molecule has 4 rings (SSSR count). The first-order valence-corrected chi connectivity index (χ1v) is 11.1. The molecular weight excluding hydrogens is 336 g/mol. The molecule has 0 atom stereocenters. The van der Waals surface area contributed by atoms with Crippen LogP contribution in [0.2, 0.25) is 0 Å². The highest BCUT2D eigenvalue weighted by molar-refractivity contribution is 6.25. The van der Waals surface area contributed by atoms with Crippen LogP contribution in [-0.4, -0.2) is 0 Å². The third kappa shape index (κ3) is 3.30. The van der Waals surface area contributed by atoms with Gasteiger partial charge >= 0.3 is 0 Å². The van der Waals surface area contributed by atoms with Gasteiger partial charge in [-0.25, -0.2) is 0 Å². The number of fused-ring (bicyclic) bond motifs is 6. The molecule has 0 spiro atoms. The Hall–Kier alpha value is -2.34. The van der Waals surface area contributed by atoms with Crippen LogP contribution in [0.15, 0.2) is 48.5 Å². The van der Waals surface area contributed by atoms with Crippen molar-refractivity contribution in [2.45, 2.75) is 66.2 Å². The van der Waals surface area contributed by atoms with Gasteiger partial charge in [0, 0.05) is 0 Å². The Kier molecular flexibility index (Phi) is 5.40. The summed E-state index contributed by atoms with van der Waals surface area (Å²) in [6.07, 6.45) is 7.04. The molecule has 4 aromatic rings. The third-order valence-corrected chi connectivity index (χ3v) is 6.11. The maximum Gasteiger partial charge on any atom is -0.00960 e. The molecule has 0 heteroatoms. The Morgan fingerprint density at radius 1 is 0.500 bits per heavy atom. The van der Waals surface area contributed by atoms with Gasteiger partial charge in [0.25, 0.3) is 0 Å². The first-order chi connectivity index (χ1) is 13.7. The minimum Gasteiger partial charge on any atom is -0.0651 e. The van der Waals surface area contributed by atoms with E-state index in [0.717, 1.165) is 19.3 Å². The van der Waals surface area contributed by atoms with E-state index in [1.807, 2.05) is 0 Å². The van der Waals surface area contributed by atoms with Crippen molar-refractivity contribution in [3.63, 3.8) is 0 Å². The molecule has 0 heterocycles. The molecule has 4 aromatic carbocycles. The summed E-state index contributed by atoms with van der Waals surface area (Å²) in [7, 11) is 0. The molecular formula is C28H32. The second kappa shape index (κ2) is 7.95. The smallest absolute Gasteiger partial charge is 0.00960 e. The Balaban J connectivity index is 2.13. The molecule has 144 valence electrons. The molecule has 0 unspecified atom stereocenters. The summed E-state index contributed by atoms with van der Waals surface area (Å²) in [5, 5.41) is 8.50. The van der Waals surface area contributed by atoms with Gasteiger partial charge in [-0.15, -0.1) is 0 Å². The average molecular weight is 369 g/mol. The van der Waals surface area contributed by atoms with Gasteiger partial charge in [0.15, 0.2) is 0 Å². The van der Waals surface area contributed by atoms with E-state index in [-0.39, 0.29) is 0 Å². The van der Waals surface area contributed by atoms with Crippen molar-refractivity contribution in [1.82, 2.24) is 0 Å². The number of rotatable bonds is 6. The minimum atomic E-state index is 1.15. The van der Waals surface area contributed by atoms with Gasteiger partial charge in [-0.3, -0.25) is 0 Å². The lowest BCUT2D eigenvalue weighted by Gasteiger charge is -2.15. The first-order valence-electron chi connectivity index (χ1n) is 11.1. The second-order valence-electron chi connectivity index (χ2n) is 8.33. The zero-order chi connectivity index (χ0) is 19.7. The molecule has 0 saturated heterocycles. The highest BCUT2D eigenvalue weighted by Crippen LogP contribution is 2.37. The first kappa shape index (κ1) is 19.0. The van der Waals surface area contributed by atoms with E-state index in [4.69, 9.17) is 0 Å². The second-order valence-corrected chi connectivity index (χ2v) is 8.33. The number of benzene rings is 4. The Labute approximate surface area is 169 Å². The summed E-state index contributed by atoms with van der Waals surface area (Å²) >= 11 is 0. The normalized spacial score (nSPS) is 11.7. The van der Waals surface area contributed by atoms with Crippen LogP contribution in [0, 0.1) is 6.92 Å². The zero-order valence-electron chi connectivity index (χ0n) is 17.9. The van der Waals surface area contributed by atoms with Gasteiger partial charge in [-0.05, 0) is 80.8 Å². The highest BCUT2D eigenvalue weighted by Gasteiger charge is 2.12. The van der Waals surface area contributed by atoms with E-state index >= 15 is 0 Å². The maximum atomic E-state index is 2.47. The molecule has 0 N–H and O–H groups in total. The van der Waals surface area contributed by atoms with Crippen molar-refractivity contribution in [2.75, 3.05) is 0 Å². The van der Waals surface area contributed by atoms with Gasteiger partial charge in [0.1, 0.15) is 0 Å². The van der Waals surface area contributed by atoms with Crippen LogP contribution in [0.1, 0.15) is 62.3 Å². The Bertz CT molecular complexity index is 1150. The molecule has 0 aliphatic rings. The molecule has 0 nitrogen and oxygen atoms in total. The van der Waals surface area contributed by atoms with Gasteiger partial charge in [-0.2, -0.15) is 0 Å². The van der Waals surface area contributed by atoms with Crippen molar-refractivity contribution >= 4 is 32.3 Å². The fourth-order valence-electron chi connectivity index (χ4n) is 4.72. The summed E-state index contributed by atoms with van der Waals surface area (Å²) in [6, 6.07) is 19.2. The lowest BCUT2D eigenvalue weighted by Crippen LogP contribution is -1.93. The van der Waals surface area contributed by atoms with Crippen LogP contribution < -0.4 is 0 Å². The molecule has 28 heavy (non-hydrogen) atoms. The Morgan fingerprint density at radius 3 is 1.46 bits per heavy atom. The van der Waals surface area contributed by atoms with E-state index < -0.39 is 0 Å². The summed E-state index contributed by atoms with van der Waals surface area (Å²) in [4.78, 5) is 0. The van der Waals surface area contributed by atoms with Crippen LogP contribution in [0.4, 0.5) is 0 Å². The van der Waals surface area contributed by atoms with Crippen LogP contribution in [0.25, 0.3) is 32.3 Å². The highest BCUT2D eigenvalue weighted by atomic mass is 14.2. The van der Waals surface area contributed by atoms with Gasteiger partial charge < -0.3 is 0 Å². The van der Waals surface area contributed by atoms with Crippen molar-refractivity contribution < 1.29 is 0 Å². The zero-order valence-corrected chi connectivity index (χ0v) is 17.9. The molecule has 0 aromatic heterocycles. The van der Waals surface area contributed by atoms with E-state index in [2.05, 4.69) is 76.2 Å². The average Bonchev–Trinajstić information content (AvgIpc) is 2.70. The summed E-state index contributed by atoms with van der Waals surface area (Å²) in [6.45, 7) is 9.08. The van der Waals surface area contributed by atoms with Crippen molar-refractivity contribution in [3.05, 3.63) is 70.8 Å². The van der Waals surface area contributed by atoms with Crippen LogP contribution >= 0.6 is 0 Å². The van der Waals surface area contributed by atoms with E-state index in [1.165, 1.54) is 73.8 Å². The quantitative estimate of drug-likeness (QED) is 0.300. The summed E-state index contributed by atoms with van der Waals surface area (Å²) in [5.74, 6) is 0. The molecule has 0 aliphatic heterocycles. The van der Waals surface area contributed by atoms with Crippen molar-refractivity contribution in [1.29, 1.82) is 0 Å².